The molecule has 1 aliphatic rings. The van der Waals surface area contributed by atoms with E-state index >= 15 is 0 Å². The van der Waals surface area contributed by atoms with Crippen LogP contribution in [-0.2, 0) is 12.1 Å². The van der Waals surface area contributed by atoms with Gasteiger partial charge >= 0.3 is 0 Å². The molecule has 7 nitrogen and oxygen atoms in total. The molecule has 0 saturated carbocycles. The third kappa shape index (κ3) is 4.67. The van der Waals surface area contributed by atoms with Crippen molar-refractivity contribution in [3.8, 4) is 0 Å². The molecular weight excluding hydrogens is 400 g/mol. The number of rotatable bonds is 7. The molecular formula is C25H32N6O. The molecule has 1 unspecified atom stereocenters. The predicted molar refractivity (Wildman–Crippen MR) is 127 cm³/mol. The summed E-state index contributed by atoms with van der Waals surface area (Å²) in [5.74, 6) is 0.756. The maximum absolute atomic E-state index is 13.7. The number of nitrogens with one attached hydrogen (secondary N) is 1. The highest BCUT2D eigenvalue weighted by Gasteiger charge is 2.37. The van der Waals surface area contributed by atoms with Crippen molar-refractivity contribution in [3.63, 3.8) is 0 Å². The van der Waals surface area contributed by atoms with Crippen molar-refractivity contribution in [3.05, 3.63) is 77.7 Å². The van der Waals surface area contributed by atoms with Crippen molar-refractivity contribution in [1.29, 1.82) is 0 Å². The third-order valence-corrected chi connectivity index (χ3v) is 5.95. The number of aromatic nitrogens is 3. The summed E-state index contributed by atoms with van der Waals surface area (Å²) in [6.45, 7) is 6.30. The van der Waals surface area contributed by atoms with E-state index in [2.05, 4.69) is 46.3 Å². The Morgan fingerprint density at radius 2 is 1.88 bits per heavy atom. The zero-order valence-corrected chi connectivity index (χ0v) is 19.3. The summed E-state index contributed by atoms with van der Waals surface area (Å²) < 4.78 is 1.95. The highest BCUT2D eigenvalue weighted by atomic mass is 16.2. The third-order valence-electron chi connectivity index (χ3n) is 5.95. The monoisotopic (exact) mass is 432 g/mol. The molecule has 1 aromatic carbocycles. The first kappa shape index (κ1) is 22.0. The molecule has 0 bridgehead atoms. The average molecular weight is 433 g/mol. The van der Waals surface area contributed by atoms with Crippen molar-refractivity contribution in [1.82, 2.24) is 24.6 Å². The summed E-state index contributed by atoms with van der Waals surface area (Å²) in [6.07, 6.45) is 4.35. The Hall–Kier alpha value is -3.19. The van der Waals surface area contributed by atoms with E-state index < -0.39 is 0 Å². The summed E-state index contributed by atoms with van der Waals surface area (Å²) in [6, 6.07) is 16.1. The van der Waals surface area contributed by atoms with Crippen LogP contribution in [0.3, 0.4) is 0 Å². The van der Waals surface area contributed by atoms with E-state index in [1.54, 1.807) is 6.20 Å². The number of fused-ring (bicyclic) bond motifs is 1. The van der Waals surface area contributed by atoms with Gasteiger partial charge in [-0.1, -0.05) is 36.4 Å². The number of nitrogens with zero attached hydrogens (tertiary/aromatic N) is 5. The number of benzene rings is 1. The molecule has 1 amide bonds. The predicted octanol–water partition coefficient (Wildman–Crippen LogP) is 3.77. The van der Waals surface area contributed by atoms with Crippen LogP contribution in [0.1, 0.15) is 47.9 Å². The van der Waals surface area contributed by atoms with Gasteiger partial charge in [0.15, 0.2) is 0 Å². The minimum absolute atomic E-state index is 0.0121. The first-order chi connectivity index (χ1) is 15.3. The lowest BCUT2D eigenvalue weighted by atomic mass is 9.91. The molecule has 0 radical (unpaired) electrons. The molecule has 3 aromatic rings. The highest BCUT2D eigenvalue weighted by molar-refractivity contribution is 5.99. The summed E-state index contributed by atoms with van der Waals surface area (Å²) in [5, 5.41) is 8.18. The fraction of sp³-hybridized carbons (Fsp3) is 0.400. The standard InChI is InChI=1S/C25H32N6O/c1-25(2)16-22(21-12-8-9-13-26-21)28-23-20(17-27-31(23)25)24(32)30(15-14-29(3)4)18-19-10-6-5-7-11-19/h5-13,17,22,28H,14-16,18H2,1-4H3. The van der Waals surface area contributed by atoms with Crippen molar-refractivity contribution in [2.75, 3.05) is 32.5 Å². The Kier molecular flexibility index (Phi) is 6.28. The van der Waals surface area contributed by atoms with Crippen LogP contribution < -0.4 is 5.32 Å². The van der Waals surface area contributed by atoms with Gasteiger partial charge in [0, 0.05) is 25.8 Å². The first-order valence-corrected chi connectivity index (χ1v) is 11.1. The SMILES string of the molecule is CN(C)CCN(Cc1ccccc1)C(=O)c1cnn2c1NC(c1ccccn1)CC2(C)C. The van der Waals surface area contributed by atoms with Gasteiger partial charge in [-0.2, -0.15) is 5.10 Å². The molecule has 1 atom stereocenters. The molecule has 32 heavy (non-hydrogen) atoms. The summed E-state index contributed by atoms with van der Waals surface area (Å²) in [7, 11) is 4.04. The van der Waals surface area contributed by atoms with Gasteiger partial charge in [-0.05, 0) is 52.1 Å². The van der Waals surface area contributed by atoms with Gasteiger partial charge in [-0.25, -0.2) is 4.68 Å². The zero-order chi connectivity index (χ0) is 22.7. The summed E-state index contributed by atoms with van der Waals surface area (Å²) in [4.78, 5) is 22.3. The minimum atomic E-state index is -0.241. The lowest BCUT2D eigenvalue weighted by Crippen LogP contribution is -2.40. The van der Waals surface area contributed by atoms with Crippen LogP contribution in [0.25, 0.3) is 0 Å². The van der Waals surface area contributed by atoms with Crippen molar-refractivity contribution < 1.29 is 4.79 Å². The number of anilines is 1. The Morgan fingerprint density at radius 3 is 2.56 bits per heavy atom. The van der Waals surface area contributed by atoms with E-state index in [0.29, 0.717) is 18.7 Å². The van der Waals surface area contributed by atoms with Crippen molar-refractivity contribution in [2.45, 2.75) is 38.4 Å². The lowest BCUT2D eigenvalue weighted by Gasteiger charge is -2.38. The minimum Gasteiger partial charge on any atom is -0.361 e. The number of hydrogen-bond donors (Lipinski definition) is 1. The quantitative estimate of drug-likeness (QED) is 0.616. The van der Waals surface area contributed by atoms with Gasteiger partial charge < -0.3 is 15.1 Å². The van der Waals surface area contributed by atoms with Crippen LogP contribution in [0.2, 0.25) is 0 Å². The Labute approximate surface area is 190 Å². The number of carbonyl (C=O) groups is 1. The maximum atomic E-state index is 13.7. The molecule has 0 fully saturated rings. The van der Waals surface area contributed by atoms with Crippen molar-refractivity contribution >= 4 is 11.7 Å². The number of pyridine rings is 1. The molecule has 1 N–H and O–H groups in total. The van der Waals surface area contributed by atoms with Crippen LogP contribution in [0.15, 0.2) is 60.9 Å². The molecule has 7 heteroatoms. The maximum Gasteiger partial charge on any atom is 0.259 e. The number of hydrogen-bond acceptors (Lipinski definition) is 5. The van der Waals surface area contributed by atoms with Crippen LogP contribution in [0.4, 0.5) is 5.82 Å². The van der Waals surface area contributed by atoms with E-state index in [4.69, 9.17) is 0 Å². The van der Waals surface area contributed by atoms with E-state index in [1.807, 2.05) is 66.3 Å². The summed E-state index contributed by atoms with van der Waals surface area (Å²) >= 11 is 0. The number of amides is 1. The van der Waals surface area contributed by atoms with Gasteiger partial charge in [-0.15, -0.1) is 0 Å². The first-order valence-electron chi connectivity index (χ1n) is 11.1. The second kappa shape index (κ2) is 9.12. The fourth-order valence-electron chi connectivity index (χ4n) is 4.21. The second-order valence-corrected chi connectivity index (χ2v) is 9.30. The van der Waals surface area contributed by atoms with Crippen LogP contribution >= 0.6 is 0 Å². The highest BCUT2D eigenvalue weighted by Crippen LogP contribution is 2.39. The zero-order valence-electron chi connectivity index (χ0n) is 19.3. The van der Waals surface area contributed by atoms with Crippen LogP contribution in [0.5, 0.6) is 0 Å². The van der Waals surface area contributed by atoms with Crippen LogP contribution in [-0.4, -0.2) is 57.7 Å². The average Bonchev–Trinajstić information content (AvgIpc) is 3.22. The second-order valence-electron chi connectivity index (χ2n) is 9.30. The van der Waals surface area contributed by atoms with Gasteiger partial charge in [-0.3, -0.25) is 9.78 Å². The number of carbonyl (C=O) groups excluding carboxylic acids is 1. The fourth-order valence-corrected chi connectivity index (χ4v) is 4.21. The van der Waals surface area contributed by atoms with Crippen molar-refractivity contribution in [2.24, 2.45) is 0 Å². The van der Waals surface area contributed by atoms with Gasteiger partial charge in [0.2, 0.25) is 0 Å². The van der Waals surface area contributed by atoms with E-state index in [9.17, 15) is 4.79 Å². The largest absolute Gasteiger partial charge is 0.361 e. The topological polar surface area (TPSA) is 66.3 Å². The van der Waals surface area contributed by atoms with Gasteiger partial charge in [0.1, 0.15) is 11.4 Å². The van der Waals surface area contributed by atoms with Gasteiger partial charge in [0.05, 0.1) is 23.5 Å². The smallest absolute Gasteiger partial charge is 0.259 e. The van der Waals surface area contributed by atoms with E-state index in [-0.39, 0.29) is 17.5 Å². The molecule has 1 aliphatic heterocycles. The molecule has 0 spiro atoms. The molecule has 0 saturated heterocycles. The van der Waals surface area contributed by atoms with Crippen LogP contribution in [0, 0.1) is 0 Å². The molecule has 4 rings (SSSR count). The Bertz CT molecular complexity index is 1040. The Balaban J connectivity index is 1.65. The molecule has 0 aliphatic carbocycles. The van der Waals surface area contributed by atoms with E-state index in [1.165, 1.54) is 0 Å². The molecule has 168 valence electrons. The Morgan fingerprint density at radius 1 is 1.12 bits per heavy atom. The summed E-state index contributed by atoms with van der Waals surface area (Å²) in [5.41, 5.74) is 2.45. The molecule has 2 aromatic heterocycles. The van der Waals surface area contributed by atoms with Gasteiger partial charge in [0.25, 0.3) is 5.91 Å². The number of likely N-dealkylation sites (N-methyl/N-ethyl adjacent to an activating group) is 1. The van der Waals surface area contributed by atoms with E-state index in [0.717, 1.165) is 30.0 Å². The lowest BCUT2D eigenvalue weighted by molar-refractivity contribution is 0.0732. The normalized spacial score (nSPS) is 17.0. The molecule has 3 heterocycles.